The van der Waals surface area contributed by atoms with Gasteiger partial charge in [0.1, 0.15) is 5.60 Å². The van der Waals surface area contributed by atoms with Crippen LogP contribution in [0.3, 0.4) is 0 Å². The van der Waals surface area contributed by atoms with Crippen LogP contribution in [0.15, 0.2) is 4.52 Å². The normalized spacial score (nSPS) is 26.6. The van der Waals surface area contributed by atoms with Gasteiger partial charge in [0.05, 0.1) is 5.92 Å². The van der Waals surface area contributed by atoms with Crippen LogP contribution < -0.4 is 5.32 Å². The lowest BCUT2D eigenvalue weighted by molar-refractivity contribution is -0.0636. The number of aromatic nitrogens is 2. The van der Waals surface area contributed by atoms with Gasteiger partial charge in [0, 0.05) is 13.2 Å². The number of nitrogens with one attached hydrogen (secondary N) is 1. The number of nitrogens with zero attached hydrogens (tertiary/aromatic N) is 2. The molecule has 0 radical (unpaired) electrons. The third-order valence-electron chi connectivity index (χ3n) is 4.59. The lowest BCUT2D eigenvalue weighted by Gasteiger charge is -2.29. The van der Waals surface area contributed by atoms with Gasteiger partial charge >= 0.3 is 0 Å². The molecule has 1 aromatic heterocycles. The van der Waals surface area contributed by atoms with Crippen LogP contribution in [0.25, 0.3) is 0 Å². The Morgan fingerprint density at radius 2 is 2.10 bits per heavy atom. The molecule has 2 fully saturated rings. The van der Waals surface area contributed by atoms with E-state index in [1.165, 1.54) is 25.7 Å². The first-order valence-corrected chi connectivity index (χ1v) is 8.03. The highest BCUT2D eigenvalue weighted by Gasteiger charge is 2.39. The molecule has 1 aliphatic carbocycles. The zero-order valence-corrected chi connectivity index (χ0v) is 12.4. The molecule has 5 nitrogen and oxygen atoms in total. The van der Waals surface area contributed by atoms with Gasteiger partial charge in [0.25, 0.3) is 0 Å². The summed E-state index contributed by atoms with van der Waals surface area (Å²) in [6.07, 6.45) is 8.07. The molecule has 112 valence electrons. The van der Waals surface area contributed by atoms with Crippen molar-refractivity contribution in [1.82, 2.24) is 15.5 Å². The molecule has 5 heteroatoms. The van der Waals surface area contributed by atoms with Crippen LogP contribution >= 0.6 is 0 Å². The smallest absolute Gasteiger partial charge is 0.231 e. The van der Waals surface area contributed by atoms with Crippen LogP contribution in [0.5, 0.6) is 0 Å². The highest BCUT2D eigenvalue weighted by Crippen LogP contribution is 2.38. The van der Waals surface area contributed by atoms with Gasteiger partial charge in [-0.3, -0.25) is 0 Å². The van der Waals surface area contributed by atoms with Crippen molar-refractivity contribution in [3.63, 3.8) is 0 Å². The summed E-state index contributed by atoms with van der Waals surface area (Å²) in [7, 11) is 0. The Balaban J connectivity index is 1.82. The SMILES string of the molecule is CCOC1(c2noc(C3CCNC3)n2)CCCCCC1. The van der Waals surface area contributed by atoms with Crippen LogP contribution in [-0.2, 0) is 10.3 Å². The van der Waals surface area contributed by atoms with Gasteiger partial charge in [0.15, 0.2) is 0 Å². The summed E-state index contributed by atoms with van der Waals surface area (Å²) >= 11 is 0. The Labute approximate surface area is 120 Å². The number of hydrogen-bond acceptors (Lipinski definition) is 5. The predicted molar refractivity (Wildman–Crippen MR) is 75.5 cm³/mol. The quantitative estimate of drug-likeness (QED) is 0.859. The highest BCUT2D eigenvalue weighted by molar-refractivity contribution is 5.06. The standard InChI is InChI=1S/C15H25N3O2/c1-2-19-15(8-5-3-4-6-9-15)14-17-13(20-18-14)12-7-10-16-11-12/h12,16H,2-11H2,1H3. The third kappa shape index (κ3) is 2.74. The Morgan fingerprint density at radius 3 is 2.75 bits per heavy atom. The van der Waals surface area contributed by atoms with Gasteiger partial charge < -0.3 is 14.6 Å². The summed E-state index contributed by atoms with van der Waals surface area (Å²) in [6.45, 7) is 4.74. The molecule has 0 aromatic carbocycles. The minimum absolute atomic E-state index is 0.307. The second kappa shape index (κ2) is 6.22. The van der Waals surface area contributed by atoms with Crippen molar-refractivity contribution in [3.05, 3.63) is 11.7 Å². The summed E-state index contributed by atoms with van der Waals surface area (Å²) in [4.78, 5) is 4.71. The molecule has 0 amide bonds. The zero-order valence-electron chi connectivity index (χ0n) is 12.4. The van der Waals surface area contributed by atoms with Gasteiger partial charge in [-0.05, 0) is 32.7 Å². The van der Waals surface area contributed by atoms with Crippen LogP contribution in [0.2, 0.25) is 0 Å². The Morgan fingerprint density at radius 1 is 1.30 bits per heavy atom. The van der Waals surface area contributed by atoms with E-state index in [0.717, 1.165) is 44.1 Å². The van der Waals surface area contributed by atoms with Crippen molar-refractivity contribution in [3.8, 4) is 0 Å². The van der Waals surface area contributed by atoms with E-state index in [1.54, 1.807) is 0 Å². The Kier molecular flexibility index (Phi) is 4.36. The first-order chi connectivity index (χ1) is 9.84. The minimum atomic E-state index is -0.307. The molecular weight excluding hydrogens is 254 g/mol. The Hall–Kier alpha value is -0.940. The molecule has 3 rings (SSSR count). The monoisotopic (exact) mass is 279 g/mol. The number of rotatable bonds is 4. The summed E-state index contributed by atoms with van der Waals surface area (Å²) in [5, 5.41) is 7.62. The fourth-order valence-electron chi connectivity index (χ4n) is 3.46. The maximum absolute atomic E-state index is 6.11. The molecule has 1 saturated heterocycles. The van der Waals surface area contributed by atoms with Gasteiger partial charge in [-0.15, -0.1) is 0 Å². The van der Waals surface area contributed by atoms with Crippen molar-refractivity contribution < 1.29 is 9.26 Å². The van der Waals surface area contributed by atoms with E-state index in [2.05, 4.69) is 17.4 Å². The molecule has 1 saturated carbocycles. The van der Waals surface area contributed by atoms with E-state index in [-0.39, 0.29) is 5.60 Å². The second-order valence-corrected chi connectivity index (χ2v) is 5.99. The molecular formula is C15H25N3O2. The fraction of sp³-hybridized carbons (Fsp3) is 0.867. The molecule has 2 aliphatic rings. The average molecular weight is 279 g/mol. The van der Waals surface area contributed by atoms with Gasteiger partial charge in [0.2, 0.25) is 11.7 Å². The lowest BCUT2D eigenvalue weighted by atomic mass is 9.93. The van der Waals surface area contributed by atoms with E-state index in [1.807, 2.05) is 0 Å². The molecule has 1 atom stereocenters. The van der Waals surface area contributed by atoms with Crippen LogP contribution in [-0.4, -0.2) is 29.8 Å². The van der Waals surface area contributed by atoms with Gasteiger partial charge in [-0.1, -0.05) is 30.8 Å². The van der Waals surface area contributed by atoms with Crippen molar-refractivity contribution in [2.24, 2.45) is 0 Å². The summed E-state index contributed by atoms with van der Waals surface area (Å²) in [5.41, 5.74) is -0.307. The average Bonchev–Trinajstić information content (AvgIpc) is 3.09. The summed E-state index contributed by atoms with van der Waals surface area (Å²) in [6, 6.07) is 0. The van der Waals surface area contributed by atoms with E-state index in [4.69, 9.17) is 14.2 Å². The zero-order chi connectivity index (χ0) is 13.8. The van der Waals surface area contributed by atoms with Crippen LogP contribution in [0.1, 0.15) is 69.5 Å². The lowest BCUT2D eigenvalue weighted by Crippen LogP contribution is -2.31. The molecule has 1 unspecified atom stereocenters. The molecule has 2 heterocycles. The van der Waals surface area contributed by atoms with E-state index < -0.39 is 0 Å². The van der Waals surface area contributed by atoms with Crippen molar-refractivity contribution in [2.45, 2.75) is 63.4 Å². The summed E-state index contributed by atoms with van der Waals surface area (Å²) in [5.74, 6) is 1.94. The number of hydrogen-bond donors (Lipinski definition) is 1. The van der Waals surface area contributed by atoms with Crippen molar-refractivity contribution in [2.75, 3.05) is 19.7 Å². The first-order valence-electron chi connectivity index (χ1n) is 8.03. The fourth-order valence-corrected chi connectivity index (χ4v) is 3.46. The van der Waals surface area contributed by atoms with Crippen LogP contribution in [0, 0.1) is 0 Å². The van der Waals surface area contributed by atoms with E-state index in [0.29, 0.717) is 12.5 Å². The third-order valence-corrected chi connectivity index (χ3v) is 4.59. The topological polar surface area (TPSA) is 60.2 Å². The molecule has 0 bridgehead atoms. The molecule has 1 aromatic rings. The maximum atomic E-state index is 6.11. The van der Waals surface area contributed by atoms with E-state index in [9.17, 15) is 0 Å². The van der Waals surface area contributed by atoms with Gasteiger partial charge in [-0.2, -0.15) is 4.98 Å². The second-order valence-electron chi connectivity index (χ2n) is 5.99. The molecule has 20 heavy (non-hydrogen) atoms. The van der Waals surface area contributed by atoms with Gasteiger partial charge in [-0.25, -0.2) is 0 Å². The van der Waals surface area contributed by atoms with Crippen molar-refractivity contribution in [1.29, 1.82) is 0 Å². The maximum Gasteiger partial charge on any atom is 0.231 e. The summed E-state index contributed by atoms with van der Waals surface area (Å²) < 4.78 is 11.6. The number of ether oxygens (including phenoxy) is 1. The highest BCUT2D eigenvalue weighted by atomic mass is 16.5. The molecule has 1 N–H and O–H groups in total. The molecule has 0 spiro atoms. The first kappa shape index (κ1) is 14.0. The Bertz CT molecular complexity index is 419. The largest absolute Gasteiger partial charge is 0.367 e. The molecule has 1 aliphatic heterocycles. The van der Waals surface area contributed by atoms with Crippen molar-refractivity contribution >= 4 is 0 Å². The van der Waals surface area contributed by atoms with E-state index >= 15 is 0 Å². The predicted octanol–water partition coefficient (Wildman–Crippen LogP) is 2.73. The minimum Gasteiger partial charge on any atom is -0.367 e. The van der Waals surface area contributed by atoms with Crippen LogP contribution in [0.4, 0.5) is 0 Å².